The smallest absolute Gasteiger partial charge is 0.220 e. The maximum atomic E-state index is 11.3. The van der Waals surface area contributed by atoms with E-state index in [0.717, 1.165) is 45.1 Å². The van der Waals surface area contributed by atoms with E-state index in [-0.39, 0.29) is 5.91 Å². The molecule has 0 heterocycles. The van der Waals surface area contributed by atoms with Crippen LogP contribution in [0.2, 0.25) is 0 Å². The standard InChI is InChI=1S/C12H26N2O2/c1-2-7-11(15)10-14-12(16)8-5-3-4-6-9-13/h11,15H,2-10,13H2,1H3,(H,14,16). The molecule has 0 saturated heterocycles. The molecule has 0 radical (unpaired) electrons. The summed E-state index contributed by atoms with van der Waals surface area (Å²) in [6.45, 7) is 3.13. The van der Waals surface area contributed by atoms with Gasteiger partial charge in [0.2, 0.25) is 5.91 Å². The molecule has 0 aliphatic heterocycles. The summed E-state index contributed by atoms with van der Waals surface area (Å²) in [4.78, 5) is 11.3. The van der Waals surface area contributed by atoms with Crippen molar-refractivity contribution in [3.8, 4) is 0 Å². The number of hydrogen-bond donors (Lipinski definition) is 3. The number of aliphatic hydroxyl groups excluding tert-OH is 1. The molecule has 1 atom stereocenters. The van der Waals surface area contributed by atoms with Crippen LogP contribution in [-0.2, 0) is 4.79 Å². The maximum Gasteiger partial charge on any atom is 0.220 e. The van der Waals surface area contributed by atoms with Gasteiger partial charge in [0.05, 0.1) is 6.10 Å². The van der Waals surface area contributed by atoms with Gasteiger partial charge in [0, 0.05) is 13.0 Å². The molecule has 0 fully saturated rings. The highest BCUT2D eigenvalue weighted by Gasteiger charge is 2.05. The lowest BCUT2D eigenvalue weighted by molar-refractivity contribution is -0.121. The number of nitrogens with two attached hydrogens (primary N) is 1. The minimum atomic E-state index is -0.397. The number of carbonyl (C=O) groups is 1. The first kappa shape index (κ1) is 15.4. The Kier molecular flexibility index (Phi) is 10.5. The molecular weight excluding hydrogens is 204 g/mol. The third-order valence-electron chi connectivity index (χ3n) is 2.51. The fraction of sp³-hybridized carbons (Fsp3) is 0.917. The Morgan fingerprint density at radius 2 is 2.00 bits per heavy atom. The van der Waals surface area contributed by atoms with Gasteiger partial charge in [-0.25, -0.2) is 0 Å². The Balaban J connectivity index is 3.30. The average Bonchev–Trinajstić information content (AvgIpc) is 2.26. The van der Waals surface area contributed by atoms with Crippen molar-refractivity contribution in [3.63, 3.8) is 0 Å². The van der Waals surface area contributed by atoms with Crippen molar-refractivity contribution in [1.82, 2.24) is 5.32 Å². The summed E-state index contributed by atoms with van der Waals surface area (Å²) >= 11 is 0. The minimum absolute atomic E-state index is 0.0444. The van der Waals surface area contributed by atoms with Crippen LogP contribution in [0.15, 0.2) is 0 Å². The molecule has 0 spiro atoms. The monoisotopic (exact) mass is 230 g/mol. The van der Waals surface area contributed by atoms with Gasteiger partial charge < -0.3 is 16.2 Å². The Morgan fingerprint density at radius 3 is 2.62 bits per heavy atom. The molecule has 16 heavy (non-hydrogen) atoms. The zero-order chi connectivity index (χ0) is 12.2. The van der Waals surface area contributed by atoms with Crippen LogP contribution >= 0.6 is 0 Å². The zero-order valence-corrected chi connectivity index (χ0v) is 10.4. The number of amides is 1. The van der Waals surface area contributed by atoms with Gasteiger partial charge in [0.15, 0.2) is 0 Å². The first-order valence-electron chi connectivity index (χ1n) is 6.35. The van der Waals surface area contributed by atoms with Crippen molar-refractivity contribution < 1.29 is 9.90 Å². The molecule has 1 amide bonds. The van der Waals surface area contributed by atoms with Crippen LogP contribution < -0.4 is 11.1 Å². The lowest BCUT2D eigenvalue weighted by Gasteiger charge is -2.10. The Bertz CT molecular complexity index is 174. The molecule has 0 aliphatic rings. The van der Waals surface area contributed by atoms with Crippen LogP contribution in [0.3, 0.4) is 0 Å². The molecular formula is C12H26N2O2. The molecule has 0 aromatic heterocycles. The van der Waals surface area contributed by atoms with Gasteiger partial charge in [0.1, 0.15) is 0 Å². The molecule has 96 valence electrons. The summed E-state index contributed by atoms with van der Waals surface area (Å²) in [6, 6.07) is 0. The molecule has 0 aromatic rings. The van der Waals surface area contributed by atoms with E-state index in [2.05, 4.69) is 5.32 Å². The van der Waals surface area contributed by atoms with E-state index in [1.807, 2.05) is 6.92 Å². The van der Waals surface area contributed by atoms with Crippen molar-refractivity contribution in [2.75, 3.05) is 13.1 Å². The molecule has 0 bridgehead atoms. The van der Waals surface area contributed by atoms with Gasteiger partial charge in [-0.05, 0) is 25.8 Å². The molecule has 1 unspecified atom stereocenters. The van der Waals surface area contributed by atoms with Gasteiger partial charge in [-0.3, -0.25) is 4.79 Å². The predicted molar refractivity (Wildman–Crippen MR) is 66.1 cm³/mol. The maximum absolute atomic E-state index is 11.3. The molecule has 0 saturated carbocycles. The lowest BCUT2D eigenvalue weighted by Crippen LogP contribution is -2.31. The number of aliphatic hydroxyl groups is 1. The fourth-order valence-electron chi connectivity index (χ4n) is 1.54. The van der Waals surface area contributed by atoms with Crippen molar-refractivity contribution in [2.45, 2.75) is 58.0 Å². The summed E-state index contributed by atoms with van der Waals surface area (Å²) in [6.07, 6.45) is 5.96. The predicted octanol–water partition coefficient (Wildman–Crippen LogP) is 1.17. The Morgan fingerprint density at radius 1 is 1.31 bits per heavy atom. The number of hydrogen-bond acceptors (Lipinski definition) is 3. The largest absolute Gasteiger partial charge is 0.391 e. The first-order valence-corrected chi connectivity index (χ1v) is 6.35. The first-order chi connectivity index (χ1) is 7.70. The molecule has 0 aliphatic carbocycles. The van der Waals surface area contributed by atoms with Crippen LogP contribution in [0.1, 0.15) is 51.9 Å². The van der Waals surface area contributed by atoms with Gasteiger partial charge in [-0.1, -0.05) is 26.2 Å². The zero-order valence-electron chi connectivity index (χ0n) is 10.4. The third-order valence-corrected chi connectivity index (χ3v) is 2.51. The second-order valence-corrected chi connectivity index (χ2v) is 4.20. The number of nitrogens with one attached hydrogen (secondary N) is 1. The highest BCUT2D eigenvalue weighted by molar-refractivity contribution is 5.75. The SMILES string of the molecule is CCCC(O)CNC(=O)CCCCCCN. The van der Waals surface area contributed by atoms with E-state index in [0.29, 0.717) is 13.0 Å². The average molecular weight is 230 g/mol. The van der Waals surface area contributed by atoms with Crippen molar-refractivity contribution in [2.24, 2.45) is 5.73 Å². The third kappa shape index (κ3) is 9.93. The molecule has 4 nitrogen and oxygen atoms in total. The minimum Gasteiger partial charge on any atom is -0.391 e. The van der Waals surface area contributed by atoms with Crippen LogP contribution in [-0.4, -0.2) is 30.2 Å². The summed E-state index contributed by atoms with van der Waals surface area (Å²) in [7, 11) is 0. The van der Waals surface area contributed by atoms with Crippen LogP contribution in [0.25, 0.3) is 0 Å². The second-order valence-electron chi connectivity index (χ2n) is 4.20. The second kappa shape index (κ2) is 10.9. The van der Waals surface area contributed by atoms with E-state index in [9.17, 15) is 9.90 Å². The van der Waals surface area contributed by atoms with Gasteiger partial charge in [-0.15, -0.1) is 0 Å². The highest BCUT2D eigenvalue weighted by atomic mass is 16.3. The van der Waals surface area contributed by atoms with Gasteiger partial charge in [0.25, 0.3) is 0 Å². The molecule has 4 N–H and O–H groups in total. The number of carbonyl (C=O) groups excluding carboxylic acids is 1. The lowest BCUT2D eigenvalue weighted by atomic mass is 10.1. The summed E-state index contributed by atoms with van der Waals surface area (Å²) < 4.78 is 0. The van der Waals surface area contributed by atoms with Crippen molar-refractivity contribution in [3.05, 3.63) is 0 Å². The van der Waals surface area contributed by atoms with E-state index in [1.165, 1.54) is 0 Å². The fourth-order valence-corrected chi connectivity index (χ4v) is 1.54. The topological polar surface area (TPSA) is 75.3 Å². The molecule has 0 rings (SSSR count). The van der Waals surface area contributed by atoms with Crippen LogP contribution in [0, 0.1) is 0 Å². The van der Waals surface area contributed by atoms with Gasteiger partial charge >= 0.3 is 0 Å². The van der Waals surface area contributed by atoms with E-state index in [4.69, 9.17) is 5.73 Å². The van der Waals surface area contributed by atoms with Crippen LogP contribution in [0.5, 0.6) is 0 Å². The summed E-state index contributed by atoms with van der Waals surface area (Å²) in [5, 5.41) is 12.2. The van der Waals surface area contributed by atoms with E-state index < -0.39 is 6.10 Å². The summed E-state index contributed by atoms with van der Waals surface area (Å²) in [5.41, 5.74) is 5.37. The normalized spacial score (nSPS) is 12.4. The summed E-state index contributed by atoms with van der Waals surface area (Å²) in [5.74, 6) is 0.0444. The van der Waals surface area contributed by atoms with E-state index in [1.54, 1.807) is 0 Å². The number of unbranched alkanes of at least 4 members (excludes halogenated alkanes) is 3. The van der Waals surface area contributed by atoms with Crippen molar-refractivity contribution >= 4 is 5.91 Å². The Hall–Kier alpha value is -0.610. The molecule has 0 aromatic carbocycles. The number of rotatable bonds is 10. The van der Waals surface area contributed by atoms with Gasteiger partial charge in [-0.2, -0.15) is 0 Å². The van der Waals surface area contributed by atoms with Crippen molar-refractivity contribution in [1.29, 1.82) is 0 Å². The molecule has 4 heteroatoms. The Labute approximate surface area is 98.6 Å². The quantitative estimate of drug-likeness (QED) is 0.493. The highest BCUT2D eigenvalue weighted by Crippen LogP contribution is 2.02. The van der Waals surface area contributed by atoms with E-state index >= 15 is 0 Å². The van der Waals surface area contributed by atoms with Crippen LogP contribution in [0.4, 0.5) is 0 Å².